The summed E-state index contributed by atoms with van der Waals surface area (Å²) >= 11 is 0. The van der Waals surface area contributed by atoms with Crippen molar-refractivity contribution in [2.45, 2.75) is 85.4 Å². The van der Waals surface area contributed by atoms with E-state index in [1.54, 1.807) is 0 Å². The average molecular weight is 272 g/mol. The van der Waals surface area contributed by atoms with E-state index in [-0.39, 0.29) is 17.5 Å². The van der Waals surface area contributed by atoms with Crippen molar-refractivity contribution in [2.75, 3.05) is 0 Å². The monoisotopic (exact) mass is 272 g/mol. The minimum absolute atomic E-state index is 0.00579. The third kappa shape index (κ3) is 4.46. The van der Waals surface area contributed by atoms with Crippen molar-refractivity contribution >= 4 is 5.91 Å². The van der Waals surface area contributed by atoms with Crippen LogP contribution in [0.15, 0.2) is 0 Å². The van der Waals surface area contributed by atoms with Gasteiger partial charge < -0.3 is 10.5 Å². The Labute approximate surface area is 118 Å². The smallest absolute Gasteiger partial charge is 0.220 e. The van der Waals surface area contributed by atoms with Gasteiger partial charge >= 0.3 is 0 Å². The molecule has 2 N–H and O–H groups in total. The van der Waals surface area contributed by atoms with Crippen LogP contribution >= 0.6 is 0 Å². The minimum atomic E-state index is -0.420. The standard InChI is InChI=1S/C13H26N2O2.C2H6/c1-9(2)7-11(16)14-10-8-12(3,4)15(17)13(10,5)6;1-2/h9-10,17H,7-8H2,1-6H3,(H,14,16);1-2H3. The van der Waals surface area contributed by atoms with Crippen molar-refractivity contribution < 1.29 is 10.0 Å². The zero-order chi connectivity index (χ0) is 15.4. The van der Waals surface area contributed by atoms with E-state index in [1.807, 2.05) is 55.4 Å². The molecule has 0 radical (unpaired) electrons. The van der Waals surface area contributed by atoms with Crippen LogP contribution in [0.3, 0.4) is 0 Å². The zero-order valence-corrected chi connectivity index (χ0v) is 13.9. The highest BCUT2D eigenvalue weighted by molar-refractivity contribution is 5.76. The van der Waals surface area contributed by atoms with Crippen molar-refractivity contribution in [3.05, 3.63) is 0 Å². The van der Waals surface area contributed by atoms with Crippen LogP contribution in [-0.2, 0) is 4.79 Å². The molecule has 4 heteroatoms. The highest BCUT2D eigenvalue weighted by atomic mass is 16.5. The largest absolute Gasteiger partial charge is 0.351 e. The summed E-state index contributed by atoms with van der Waals surface area (Å²) in [7, 11) is 0. The van der Waals surface area contributed by atoms with E-state index in [2.05, 4.69) is 5.32 Å². The third-order valence-electron chi connectivity index (χ3n) is 3.60. The molecule has 1 heterocycles. The lowest BCUT2D eigenvalue weighted by Crippen LogP contribution is -2.53. The molecular weight excluding hydrogens is 240 g/mol. The second-order valence-electron chi connectivity index (χ2n) is 6.70. The van der Waals surface area contributed by atoms with Crippen LogP contribution in [0.2, 0.25) is 0 Å². The van der Waals surface area contributed by atoms with Crippen LogP contribution in [0.25, 0.3) is 0 Å². The number of rotatable bonds is 3. The first-order chi connectivity index (χ1) is 8.57. The molecule has 114 valence electrons. The Bertz CT molecular complexity index is 299. The van der Waals surface area contributed by atoms with Gasteiger partial charge in [0.25, 0.3) is 0 Å². The molecule has 0 aliphatic carbocycles. The van der Waals surface area contributed by atoms with E-state index < -0.39 is 5.54 Å². The van der Waals surface area contributed by atoms with Crippen LogP contribution in [0.5, 0.6) is 0 Å². The van der Waals surface area contributed by atoms with Gasteiger partial charge in [0.15, 0.2) is 0 Å². The van der Waals surface area contributed by atoms with E-state index in [0.717, 1.165) is 6.42 Å². The Kier molecular flexibility index (Phi) is 6.49. The van der Waals surface area contributed by atoms with E-state index in [1.165, 1.54) is 5.06 Å². The van der Waals surface area contributed by atoms with Gasteiger partial charge in [0, 0.05) is 12.0 Å². The Morgan fingerprint density at radius 1 is 1.32 bits per heavy atom. The summed E-state index contributed by atoms with van der Waals surface area (Å²) in [4.78, 5) is 11.8. The average Bonchev–Trinajstić information content (AvgIpc) is 2.41. The molecule has 1 fully saturated rings. The SMILES string of the molecule is CC.CC(C)CC(=O)NC1CC(C)(C)N(O)C1(C)C. The number of amides is 1. The quantitative estimate of drug-likeness (QED) is 0.829. The third-order valence-corrected chi connectivity index (χ3v) is 3.60. The Morgan fingerprint density at radius 2 is 1.79 bits per heavy atom. The molecule has 0 spiro atoms. The maximum Gasteiger partial charge on any atom is 0.220 e. The van der Waals surface area contributed by atoms with Crippen molar-refractivity contribution in [1.29, 1.82) is 0 Å². The van der Waals surface area contributed by atoms with Crippen molar-refractivity contribution in [1.82, 2.24) is 10.4 Å². The van der Waals surface area contributed by atoms with Crippen LogP contribution in [-0.4, -0.2) is 33.3 Å². The lowest BCUT2D eigenvalue weighted by atomic mass is 9.94. The maximum absolute atomic E-state index is 11.8. The number of nitrogens with one attached hydrogen (secondary N) is 1. The first-order valence-corrected chi connectivity index (χ1v) is 7.36. The van der Waals surface area contributed by atoms with Crippen LogP contribution < -0.4 is 5.32 Å². The summed E-state index contributed by atoms with van der Waals surface area (Å²) in [5, 5.41) is 14.6. The van der Waals surface area contributed by atoms with Gasteiger partial charge in [-0.05, 0) is 40.0 Å². The van der Waals surface area contributed by atoms with Crippen LogP contribution in [0.4, 0.5) is 0 Å². The van der Waals surface area contributed by atoms with Gasteiger partial charge in [0.05, 0.1) is 11.6 Å². The van der Waals surface area contributed by atoms with Crippen LogP contribution in [0, 0.1) is 5.92 Å². The molecule has 4 nitrogen and oxygen atoms in total. The molecule has 1 rings (SSSR count). The molecule has 1 aliphatic rings. The fraction of sp³-hybridized carbons (Fsp3) is 0.933. The molecule has 0 saturated carbocycles. The molecule has 1 saturated heterocycles. The first kappa shape index (κ1) is 18.4. The van der Waals surface area contributed by atoms with E-state index >= 15 is 0 Å². The van der Waals surface area contributed by atoms with Gasteiger partial charge in [-0.25, -0.2) is 0 Å². The fourth-order valence-electron chi connectivity index (χ4n) is 2.62. The Morgan fingerprint density at radius 3 is 2.11 bits per heavy atom. The molecule has 0 aromatic carbocycles. The normalized spacial score (nSPS) is 24.8. The summed E-state index contributed by atoms with van der Waals surface area (Å²) in [6.45, 7) is 16.0. The van der Waals surface area contributed by atoms with E-state index in [0.29, 0.717) is 12.3 Å². The van der Waals surface area contributed by atoms with Gasteiger partial charge in [-0.3, -0.25) is 4.79 Å². The zero-order valence-electron chi connectivity index (χ0n) is 13.9. The number of nitrogens with zero attached hydrogens (tertiary/aromatic N) is 1. The maximum atomic E-state index is 11.8. The van der Waals surface area contributed by atoms with Crippen molar-refractivity contribution in [2.24, 2.45) is 5.92 Å². The first-order valence-electron chi connectivity index (χ1n) is 7.36. The number of hydrogen-bond acceptors (Lipinski definition) is 3. The van der Waals surface area contributed by atoms with Gasteiger partial charge in [-0.15, -0.1) is 0 Å². The highest BCUT2D eigenvalue weighted by Crippen LogP contribution is 2.39. The summed E-state index contributed by atoms with van der Waals surface area (Å²) in [6.07, 6.45) is 1.30. The molecule has 19 heavy (non-hydrogen) atoms. The van der Waals surface area contributed by atoms with Crippen molar-refractivity contribution in [3.8, 4) is 0 Å². The lowest BCUT2D eigenvalue weighted by molar-refractivity contribution is -0.194. The number of hydrogen-bond donors (Lipinski definition) is 2. The second kappa shape index (κ2) is 6.71. The topological polar surface area (TPSA) is 52.6 Å². The van der Waals surface area contributed by atoms with E-state index in [4.69, 9.17) is 0 Å². The predicted molar refractivity (Wildman–Crippen MR) is 79.1 cm³/mol. The van der Waals surface area contributed by atoms with Gasteiger partial charge in [-0.1, -0.05) is 27.7 Å². The van der Waals surface area contributed by atoms with Crippen LogP contribution in [0.1, 0.15) is 68.2 Å². The molecule has 1 atom stereocenters. The van der Waals surface area contributed by atoms with Gasteiger partial charge in [0.2, 0.25) is 5.91 Å². The van der Waals surface area contributed by atoms with E-state index in [9.17, 15) is 10.0 Å². The predicted octanol–water partition coefficient (Wildman–Crippen LogP) is 3.20. The molecular formula is C15H32N2O2. The Hall–Kier alpha value is -0.610. The minimum Gasteiger partial charge on any atom is -0.351 e. The molecule has 0 bridgehead atoms. The summed E-state index contributed by atoms with van der Waals surface area (Å²) in [5.74, 6) is 0.432. The summed E-state index contributed by atoms with van der Waals surface area (Å²) < 4.78 is 0. The Balaban J connectivity index is 0.00000154. The fourth-order valence-corrected chi connectivity index (χ4v) is 2.62. The lowest BCUT2D eigenvalue weighted by Gasteiger charge is -2.35. The number of carbonyl (C=O) groups is 1. The number of hydroxylamine groups is 2. The van der Waals surface area contributed by atoms with Gasteiger partial charge in [0.1, 0.15) is 0 Å². The summed E-state index contributed by atoms with van der Waals surface area (Å²) in [6, 6.07) is -0.00579. The molecule has 1 aliphatic heterocycles. The van der Waals surface area contributed by atoms with Crippen molar-refractivity contribution in [3.63, 3.8) is 0 Å². The second-order valence-corrected chi connectivity index (χ2v) is 6.70. The molecule has 1 unspecified atom stereocenters. The molecule has 1 amide bonds. The molecule has 0 aromatic heterocycles. The summed E-state index contributed by atoms with van der Waals surface area (Å²) in [5.41, 5.74) is -0.713. The highest BCUT2D eigenvalue weighted by Gasteiger charge is 2.51. The van der Waals surface area contributed by atoms with Gasteiger partial charge in [-0.2, -0.15) is 5.06 Å². The number of carbonyl (C=O) groups excluding carboxylic acids is 1. The molecule has 0 aromatic rings.